The van der Waals surface area contributed by atoms with E-state index >= 15 is 0 Å². The summed E-state index contributed by atoms with van der Waals surface area (Å²) < 4.78 is 27.4. The van der Waals surface area contributed by atoms with Crippen LogP contribution in [0.4, 0.5) is 20.2 Å². The average Bonchev–Trinajstić information content (AvgIpc) is 2.60. The van der Waals surface area contributed by atoms with Gasteiger partial charge in [0.25, 0.3) is 0 Å². The van der Waals surface area contributed by atoms with Crippen molar-refractivity contribution in [3.63, 3.8) is 0 Å². The zero-order chi connectivity index (χ0) is 19.6. The third-order valence-electron chi connectivity index (χ3n) is 4.68. The van der Waals surface area contributed by atoms with Gasteiger partial charge in [-0.2, -0.15) is 0 Å². The second-order valence-electron chi connectivity index (χ2n) is 6.62. The number of nitrogen functional groups attached to an aromatic ring is 1. The van der Waals surface area contributed by atoms with Crippen LogP contribution in [0.3, 0.4) is 0 Å². The smallest absolute Gasteiger partial charge is 0.229 e. The molecule has 1 atom stereocenters. The highest BCUT2D eigenvalue weighted by Gasteiger charge is 2.28. The molecule has 2 aromatic carbocycles. The molecular formula is C20H22ClF2N3O2. The largest absolute Gasteiger partial charge is 0.398 e. The molecule has 0 aliphatic carbocycles. The predicted molar refractivity (Wildman–Crippen MR) is 106 cm³/mol. The zero-order valence-electron chi connectivity index (χ0n) is 15.4. The van der Waals surface area contributed by atoms with Gasteiger partial charge < -0.3 is 16.0 Å². The van der Waals surface area contributed by atoms with Gasteiger partial charge in [0.2, 0.25) is 11.8 Å². The summed E-state index contributed by atoms with van der Waals surface area (Å²) in [5.41, 5.74) is 8.38. The van der Waals surface area contributed by atoms with Crippen LogP contribution in [-0.2, 0) is 16.0 Å². The highest BCUT2D eigenvalue weighted by molar-refractivity contribution is 5.96. The van der Waals surface area contributed by atoms with Gasteiger partial charge in [0.1, 0.15) is 11.6 Å². The number of carbonyl (C=O) groups is 2. The fraction of sp³-hybridized carbons (Fsp3) is 0.300. The lowest BCUT2D eigenvalue weighted by atomic mass is 9.97. The third-order valence-corrected chi connectivity index (χ3v) is 4.68. The summed E-state index contributed by atoms with van der Waals surface area (Å²) in [4.78, 5) is 26.1. The van der Waals surface area contributed by atoms with Gasteiger partial charge in [0, 0.05) is 36.5 Å². The van der Waals surface area contributed by atoms with Gasteiger partial charge in [-0.3, -0.25) is 9.59 Å². The summed E-state index contributed by atoms with van der Waals surface area (Å²) in [5.74, 6) is -2.18. The topological polar surface area (TPSA) is 75.4 Å². The van der Waals surface area contributed by atoms with Crippen LogP contribution in [0.5, 0.6) is 0 Å². The first-order chi connectivity index (χ1) is 12.9. The Hall–Kier alpha value is -2.67. The van der Waals surface area contributed by atoms with E-state index in [1.165, 1.54) is 13.0 Å². The number of hydrogen-bond donors (Lipinski definition) is 2. The van der Waals surface area contributed by atoms with Crippen molar-refractivity contribution in [1.82, 2.24) is 5.32 Å². The normalized spacial score (nSPS) is 13.9. The number of carbonyl (C=O) groups excluding carboxylic acids is 2. The van der Waals surface area contributed by atoms with E-state index in [-0.39, 0.29) is 30.3 Å². The quantitative estimate of drug-likeness (QED) is 0.759. The van der Waals surface area contributed by atoms with Gasteiger partial charge in [0.05, 0.1) is 12.5 Å². The Morgan fingerprint density at radius 1 is 1.25 bits per heavy atom. The molecule has 28 heavy (non-hydrogen) atoms. The number of nitrogens with zero attached hydrogens (tertiary/aromatic N) is 1. The highest BCUT2D eigenvalue weighted by atomic mass is 35.5. The predicted octanol–water partition coefficient (Wildman–Crippen LogP) is 3.52. The van der Waals surface area contributed by atoms with E-state index in [4.69, 9.17) is 5.73 Å². The molecule has 0 spiro atoms. The van der Waals surface area contributed by atoms with E-state index in [2.05, 4.69) is 5.32 Å². The molecule has 0 fully saturated rings. The third kappa shape index (κ3) is 4.59. The standard InChI is InChI=1S/C20H21F2N3O2.ClH/c1-12(26)24-18(14-8-7-13(21)10-16(14)22)11-20(27)25-9-3-4-15-17(23)5-2-6-19(15)25;/h2,5-8,10,18H,3-4,9,11,23H2,1H3,(H,24,26);1H. The molecule has 0 aromatic heterocycles. The lowest BCUT2D eigenvalue weighted by Crippen LogP contribution is -2.39. The van der Waals surface area contributed by atoms with Crippen LogP contribution < -0.4 is 16.0 Å². The van der Waals surface area contributed by atoms with Crippen molar-refractivity contribution in [3.8, 4) is 0 Å². The number of hydrogen-bond acceptors (Lipinski definition) is 3. The summed E-state index contributed by atoms with van der Waals surface area (Å²) in [6.45, 7) is 1.81. The van der Waals surface area contributed by atoms with Crippen molar-refractivity contribution >= 4 is 35.6 Å². The van der Waals surface area contributed by atoms with Crippen LogP contribution in [0, 0.1) is 11.6 Å². The molecule has 1 aliphatic heterocycles. The minimum Gasteiger partial charge on any atom is -0.398 e. The van der Waals surface area contributed by atoms with Crippen molar-refractivity contribution in [1.29, 1.82) is 0 Å². The summed E-state index contributed by atoms with van der Waals surface area (Å²) >= 11 is 0. The number of rotatable bonds is 4. The van der Waals surface area contributed by atoms with Crippen molar-refractivity contribution in [2.45, 2.75) is 32.2 Å². The summed E-state index contributed by atoms with van der Waals surface area (Å²) in [6, 6.07) is 7.61. The van der Waals surface area contributed by atoms with E-state index < -0.39 is 23.6 Å². The molecule has 2 amide bonds. The fourth-order valence-corrected chi connectivity index (χ4v) is 3.46. The van der Waals surface area contributed by atoms with Crippen LogP contribution in [0.2, 0.25) is 0 Å². The molecule has 0 radical (unpaired) electrons. The minimum atomic E-state index is -0.887. The second-order valence-corrected chi connectivity index (χ2v) is 6.62. The Kier molecular flexibility index (Phi) is 6.96. The van der Waals surface area contributed by atoms with Crippen LogP contribution in [0.15, 0.2) is 36.4 Å². The summed E-state index contributed by atoms with van der Waals surface area (Å²) in [7, 11) is 0. The van der Waals surface area contributed by atoms with Crippen molar-refractivity contribution in [3.05, 3.63) is 59.2 Å². The molecule has 5 nitrogen and oxygen atoms in total. The number of nitrogens with one attached hydrogen (secondary N) is 1. The van der Waals surface area contributed by atoms with E-state index in [1.807, 2.05) is 6.07 Å². The molecule has 0 saturated heterocycles. The first-order valence-corrected chi connectivity index (χ1v) is 8.76. The Labute approximate surface area is 168 Å². The molecule has 3 rings (SSSR count). The molecule has 3 N–H and O–H groups in total. The van der Waals surface area contributed by atoms with Crippen LogP contribution in [-0.4, -0.2) is 18.4 Å². The number of fused-ring (bicyclic) bond motifs is 1. The molecule has 0 saturated carbocycles. The number of halogens is 3. The minimum absolute atomic E-state index is 0. The maximum Gasteiger partial charge on any atom is 0.229 e. The molecule has 150 valence electrons. The first kappa shape index (κ1) is 21.6. The van der Waals surface area contributed by atoms with Crippen molar-refractivity contribution in [2.24, 2.45) is 0 Å². The Morgan fingerprint density at radius 2 is 2.00 bits per heavy atom. The lowest BCUT2D eigenvalue weighted by Gasteiger charge is -2.31. The summed E-state index contributed by atoms with van der Waals surface area (Å²) in [5, 5.41) is 2.59. The monoisotopic (exact) mass is 409 g/mol. The van der Waals surface area contributed by atoms with Gasteiger partial charge in [-0.05, 0) is 36.6 Å². The Bertz CT molecular complexity index is 892. The maximum absolute atomic E-state index is 14.2. The molecular weight excluding hydrogens is 388 g/mol. The van der Waals surface area contributed by atoms with Crippen molar-refractivity contribution < 1.29 is 18.4 Å². The molecule has 1 unspecified atom stereocenters. The fourth-order valence-electron chi connectivity index (χ4n) is 3.46. The molecule has 1 aliphatic rings. The van der Waals surface area contributed by atoms with Gasteiger partial charge in [-0.15, -0.1) is 12.4 Å². The first-order valence-electron chi connectivity index (χ1n) is 8.76. The summed E-state index contributed by atoms with van der Waals surface area (Å²) in [6.07, 6.45) is 1.41. The lowest BCUT2D eigenvalue weighted by molar-refractivity contribution is -0.121. The number of anilines is 2. The maximum atomic E-state index is 14.2. The SMILES string of the molecule is CC(=O)NC(CC(=O)N1CCCc2c(N)cccc21)c1ccc(F)cc1F.Cl. The zero-order valence-corrected chi connectivity index (χ0v) is 16.2. The molecule has 1 heterocycles. The molecule has 2 aromatic rings. The number of nitrogens with two attached hydrogens (primary N) is 1. The van der Waals surface area contributed by atoms with E-state index in [1.54, 1.807) is 17.0 Å². The van der Waals surface area contributed by atoms with Gasteiger partial charge in [-0.25, -0.2) is 8.78 Å². The van der Waals surface area contributed by atoms with Crippen LogP contribution >= 0.6 is 12.4 Å². The number of amides is 2. The second kappa shape index (κ2) is 9.01. The van der Waals surface area contributed by atoms with Crippen LogP contribution in [0.25, 0.3) is 0 Å². The van der Waals surface area contributed by atoms with E-state index in [0.29, 0.717) is 12.2 Å². The van der Waals surface area contributed by atoms with E-state index in [9.17, 15) is 18.4 Å². The van der Waals surface area contributed by atoms with E-state index in [0.717, 1.165) is 36.2 Å². The highest BCUT2D eigenvalue weighted by Crippen LogP contribution is 2.32. The Balaban J connectivity index is 0.00000280. The molecule has 0 bridgehead atoms. The van der Waals surface area contributed by atoms with Crippen LogP contribution in [0.1, 0.15) is 36.9 Å². The molecule has 8 heteroatoms. The van der Waals surface area contributed by atoms with Gasteiger partial charge in [-0.1, -0.05) is 12.1 Å². The van der Waals surface area contributed by atoms with Gasteiger partial charge >= 0.3 is 0 Å². The number of benzene rings is 2. The van der Waals surface area contributed by atoms with Crippen molar-refractivity contribution in [2.75, 3.05) is 17.2 Å². The Morgan fingerprint density at radius 3 is 2.68 bits per heavy atom. The average molecular weight is 410 g/mol. The van der Waals surface area contributed by atoms with Gasteiger partial charge in [0.15, 0.2) is 0 Å².